The van der Waals surface area contributed by atoms with Crippen LogP contribution in [0.25, 0.3) is 0 Å². The number of halogens is 2. The highest BCUT2D eigenvalue weighted by molar-refractivity contribution is 7.13. The van der Waals surface area contributed by atoms with Gasteiger partial charge in [-0.05, 0) is 24.6 Å². The van der Waals surface area contributed by atoms with Gasteiger partial charge in [-0.3, -0.25) is 9.69 Å². The minimum Gasteiger partial charge on any atom is -0.314 e. The molecule has 2 N–H and O–H groups in total. The van der Waals surface area contributed by atoms with E-state index in [1.165, 1.54) is 11.3 Å². The molecule has 1 aliphatic heterocycles. The SMILES string of the molecule is Cc1csc(NC(=O)CN2CCNCC2c2cccc(Cl)c2)n1.Cl. The largest absolute Gasteiger partial charge is 0.314 e. The van der Waals surface area contributed by atoms with E-state index in [0.29, 0.717) is 11.7 Å². The van der Waals surface area contributed by atoms with Gasteiger partial charge in [-0.25, -0.2) is 4.98 Å². The summed E-state index contributed by atoms with van der Waals surface area (Å²) in [5.41, 5.74) is 2.05. The molecule has 1 aliphatic rings. The maximum atomic E-state index is 12.3. The van der Waals surface area contributed by atoms with Crippen LogP contribution in [0, 0.1) is 6.92 Å². The predicted octanol–water partition coefficient (Wildman–Crippen LogP) is 3.11. The minimum absolute atomic E-state index is 0. The summed E-state index contributed by atoms with van der Waals surface area (Å²) in [6.07, 6.45) is 0. The van der Waals surface area contributed by atoms with E-state index in [1.54, 1.807) is 0 Å². The smallest absolute Gasteiger partial charge is 0.240 e. The summed E-state index contributed by atoms with van der Waals surface area (Å²) in [7, 11) is 0. The number of amides is 1. The number of anilines is 1. The lowest BCUT2D eigenvalue weighted by atomic mass is 10.0. The molecule has 0 radical (unpaired) electrons. The molecule has 2 heterocycles. The molecule has 5 nitrogen and oxygen atoms in total. The van der Waals surface area contributed by atoms with Crippen LogP contribution >= 0.6 is 35.3 Å². The number of benzene rings is 1. The number of piperazine rings is 1. The Morgan fingerprint density at radius 2 is 2.38 bits per heavy atom. The number of carbonyl (C=O) groups excluding carboxylic acids is 1. The molecular weight excluding hydrogens is 367 g/mol. The van der Waals surface area contributed by atoms with E-state index in [0.717, 1.165) is 35.9 Å². The van der Waals surface area contributed by atoms with Crippen LogP contribution < -0.4 is 10.6 Å². The first-order valence-corrected chi connectivity index (χ1v) is 8.80. The van der Waals surface area contributed by atoms with Gasteiger partial charge in [-0.2, -0.15) is 0 Å². The van der Waals surface area contributed by atoms with Crippen LogP contribution in [-0.4, -0.2) is 42.0 Å². The van der Waals surface area contributed by atoms with Crippen LogP contribution in [0.4, 0.5) is 5.13 Å². The summed E-state index contributed by atoms with van der Waals surface area (Å²) in [6, 6.07) is 7.98. The van der Waals surface area contributed by atoms with Crippen LogP contribution in [0.15, 0.2) is 29.6 Å². The molecule has 0 saturated carbocycles. The van der Waals surface area contributed by atoms with Gasteiger partial charge < -0.3 is 10.6 Å². The summed E-state index contributed by atoms with van der Waals surface area (Å²) in [5, 5.41) is 9.55. The Labute approximate surface area is 156 Å². The van der Waals surface area contributed by atoms with Crippen molar-refractivity contribution in [2.45, 2.75) is 13.0 Å². The highest BCUT2D eigenvalue weighted by Gasteiger charge is 2.25. The highest BCUT2D eigenvalue weighted by atomic mass is 35.5. The average molecular weight is 387 g/mol. The van der Waals surface area contributed by atoms with Crippen molar-refractivity contribution in [3.63, 3.8) is 0 Å². The second-order valence-corrected chi connectivity index (χ2v) is 6.88. The van der Waals surface area contributed by atoms with Crippen LogP contribution in [0.3, 0.4) is 0 Å². The van der Waals surface area contributed by atoms with Gasteiger partial charge in [0.05, 0.1) is 12.2 Å². The summed E-state index contributed by atoms with van der Waals surface area (Å²) in [5.74, 6) is -0.0340. The molecule has 130 valence electrons. The third-order valence-electron chi connectivity index (χ3n) is 3.80. The first-order chi connectivity index (χ1) is 11.1. The topological polar surface area (TPSA) is 57.3 Å². The molecule has 1 aromatic heterocycles. The molecule has 1 atom stereocenters. The molecule has 8 heteroatoms. The standard InChI is InChI=1S/C16H19ClN4OS.ClH/c1-11-10-23-16(19-11)20-15(22)9-21-6-5-18-8-14(21)12-3-2-4-13(17)7-12;/h2-4,7,10,14,18H,5-6,8-9H2,1H3,(H,19,20,22);1H. The molecule has 24 heavy (non-hydrogen) atoms. The fraction of sp³-hybridized carbons (Fsp3) is 0.375. The van der Waals surface area contributed by atoms with Gasteiger partial charge >= 0.3 is 0 Å². The zero-order chi connectivity index (χ0) is 16.2. The summed E-state index contributed by atoms with van der Waals surface area (Å²) in [4.78, 5) is 18.8. The predicted molar refractivity (Wildman–Crippen MR) is 101 cm³/mol. The number of aryl methyl sites for hydroxylation is 1. The van der Waals surface area contributed by atoms with Crippen molar-refractivity contribution >= 4 is 46.4 Å². The van der Waals surface area contributed by atoms with Gasteiger partial charge in [0.1, 0.15) is 0 Å². The second kappa shape index (κ2) is 8.78. The van der Waals surface area contributed by atoms with E-state index in [9.17, 15) is 4.79 Å². The van der Waals surface area contributed by atoms with Crippen molar-refractivity contribution < 1.29 is 4.79 Å². The number of nitrogens with one attached hydrogen (secondary N) is 2. The van der Waals surface area contributed by atoms with Crippen molar-refractivity contribution in [1.82, 2.24) is 15.2 Å². The number of hydrogen-bond donors (Lipinski definition) is 2. The van der Waals surface area contributed by atoms with Crippen LogP contribution in [0.5, 0.6) is 0 Å². The highest BCUT2D eigenvalue weighted by Crippen LogP contribution is 2.24. The van der Waals surface area contributed by atoms with Crippen molar-refractivity contribution in [3.05, 3.63) is 45.9 Å². The van der Waals surface area contributed by atoms with Crippen LogP contribution in [0.1, 0.15) is 17.3 Å². The second-order valence-electron chi connectivity index (χ2n) is 5.59. The van der Waals surface area contributed by atoms with E-state index < -0.39 is 0 Å². The fourth-order valence-corrected chi connectivity index (χ4v) is 3.64. The molecule has 1 aromatic carbocycles. The first-order valence-electron chi connectivity index (χ1n) is 7.54. The number of rotatable bonds is 4. The lowest BCUT2D eigenvalue weighted by molar-refractivity contribution is -0.118. The van der Waals surface area contributed by atoms with Crippen LogP contribution in [-0.2, 0) is 4.79 Å². The van der Waals surface area contributed by atoms with Gasteiger partial charge in [0, 0.05) is 36.1 Å². The molecule has 1 fully saturated rings. The minimum atomic E-state index is -0.0340. The third-order valence-corrected chi connectivity index (χ3v) is 4.91. The lowest BCUT2D eigenvalue weighted by Gasteiger charge is -2.36. The normalized spacial score (nSPS) is 18.0. The van der Waals surface area contributed by atoms with Crippen LogP contribution in [0.2, 0.25) is 5.02 Å². The fourth-order valence-electron chi connectivity index (χ4n) is 2.73. The lowest BCUT2D eigenvalue weighted by Crippen LogP contribution is -2.48. The van der Waals surface area contributed by atoms with E-state index in [4.69, 9.17) is 11.6 Å². The van der Waals surface area contributed by atoms with E-state index >= 15 is 0 Å². The Balaban J connectivity index is 0.00000208. The Kier molecular flexibility index (Phi) is 7.01. The molecule has 1 amide bonds. The number of hydrogen-bond acceptors (Lipinski definition) is 5. The summed E-state index contributed by atoms with van der Waals surface area (Å²) >= 11 is 7.55. The zero-order valence-electron chi connectivity index (χ0n) is 13.3. The van der Waals surface area contributed by atoms with Crippen molar-refractivity contribution in [1.29, 1.82) is 0 Å². The number of nitrogens with zero attached hydrogens (tertiary/aromatic N) is 2. The Morgan fingerprint density at radius 1 is 1.54 bits per heavy atom. The van der Waals surface area contributed by atoms with Gasteiger partial charge in [0.25, 0.3) is 0 Å². The van der Waals surface area contributed by atoms with E-state index in [-0.39, 0.29) is 24.4 Å². The molecule has 2 aromatic rings. The molecule has 3 rings (SSSR count). The molecule has 0 bridgehead atoms. The van der Waals surface area contributed by atoms with E-state index in [2.05, 4.69) is 26.6 Å². The van der Waals surface area contributed by atoms with Gasteiger partial charge in [-0.1, -0.05) is 23.7 Å². The number of aromatic nitrogens is 1. The zero-order valence-corrected chi connectivity index (χ0v) is 15.7. The maximum absolute atomic E-state index is 12.3. The van der Waals surface area contributed by atoms with Crippen molar-refractivity contribution in [3.8, 4) is 0 Å². The quantitative estimate of drug-likeness (QED) is 0.847. The third kappa shape index (κ3) is 4.91. The Bertz CT molecular complexity index is 694. The number of thiazole rings is 1. The molecular formula is C16H20Cl2N4OS. The first kappa shape index (κ1) is 19.1. The summed E-state index contributed by atoms with van der Waals surface area (Å²) in [6.45, 7) is 4.77. The van der Waals surface area contributed by atoms with Gasteiger partial charge in [0.2, 0.25) is 5.91 Å². The van der Waals surface area contributed by atoms with Crippen molar-refractivity contribution in [2.24, 2.45) is 0 Å². The van der Waals surface area contributed by atoms with Gasteiger partial charge in [-0.15, -0.1) is 23.7 Å². The Hall–Kier alpha value is -1.18. The molecule has 1 unspecified atom stereocenters. The summed E-state index contributed by atoms with van der Waals surface area (Å²) < 4.78 is 0. The molecule has 0 aliphatic carbocycles. The van der Waals surface area contributed by atoms with Gasteiger partial charge in [0.15, 0.2) is 5.13 Å². The average Bonchev–Trinajstić information content (AvgIpc) is 2.92. The van der Waals surface area contributed by atoms with Crippen molar-refractivity contribution in [2.75, 3.05) is 31.5 Å². The monoisotopic (exact) mass is 386 g/mol. The maximum Gasteiger partial charge on any atom is 0.240 e. The van der Waals surface area contributed by atoms with E-state index in [1.807, 2.05) is 30.5 Å². The molecule has 1 saturated heterocycles. The number of carbonyl (C=O) groups is 1. The molecule has 0 spiro atoms. The Morgan fingerprint density at radius 3 is 3.08 bits per heavy atom.